The minimum atomic E-state index is -3.07. The Hall–Kier alpha value is -3.19. The molecule has 0 fully saturated rings. The molecule has 30 heavy (non-hydrogen) atoms. The molecule has 3 nitrogen and oxygen atoms in total. The van der Waals surface area contributed by atoms with Crippen molar-refractivity contribution < 1.29 is 13.6 Å². The third-order valence-electron chi connectivity index (χ3n) is 5.33. The van der Waals surface area contributed by atoms with Crippen molar-refractivity contribution in [3.05, 3.63) is 108 Å². The maximum atomic E-state index is 15.3. The van der Waals surface area contributed by atoms with E-state index in [0.717, 1.165) is 0 Å². The summed E-state index contributed by atoms with van der Waals surface area (Å²) in [6.45, 7) is 0. The lowest BCUT2D eigenvalue weighted by Gasteiger charge is -2.47. The van der Waals surface area contributed by atoms with Gasteiger partial charge in [-0.15, -0.1) is 0 Å². The molecular formula is C24H19F2N2OP. The van der Waals surface area contributed by atoms with Gasteiger partial charge in [0, 0.05) is 0 Å². The Labute approximate surface area is 176 Å². The van der Waals surface area contributed by atoms with Gasteiger partial charge in [0.25, 0.3) is 6.43 Å². The van der Waals surface area contributed by atoms with Gasteiger partial charge in [-0.05, 0) is 16.7 Å². The first-order valence-electron chi connectivity index (χ1n) is 9.17. The summed E-state index contributed by atoms with van der Waals surface area (Å²) in [5.41, 5.74) is 2.72. The molecule has 0 saturated heterocycles. The average molecular weight is 420 g/mol. The van der Waals surface area contributed by atoms with Crippen molar-refractivity contribution in [2.45, 2.75) is 17.4 Å². The van der Waals surface area contributed by atoms with Crippen LogP contribution in [-0.2, 0) is 15.7 Å². The number of carbonyl (C=O) groups is 1. The van der Waals surface area contributed by atoms with Crippen molar-refractivity contribution in [1.82, 2.24) is 0 Å². The van der Waals surface area contributed by atoms with Crippen molar-refractivity contribution in [1.29, 1.82) is 5.26 Å². The van der Waals surface area contributed by atoms with E-state index in [4.69, 9.17) is 5.73 Å². The number of alkyl halides is 2. The van der Waals surface area contributed by atoms with Crippen LogP contribution in [0.5, 0.6) is 0 Å². The van der Waals surface area contributed by atoms with Gasteiger partial charge in [0.2, 0.25) is 5.78 Å². The number of halogens is 2. The highest BCUT2D eigenvalue weighted by molar-refractivity contribution is 7.27. The van der Waals surface area contributed by atoms with Crippen LogP contribution in [0.4, 0.5) is 8.78 Å². The number of ketones is 1. The second kappa shape index (κ2) is 8.67. The van der Waals surface area contributed by atoms with Crippen molar-refractivity contribution in [2.75, 3.05) is 0 Å². The Morgan fingerprint density at radius 1 is 0.833 bits per heavy atom. The predicted molar refractivity (Wildman–Crippen MR) is 116 cm³/mol. The number of Topliss-reactive ketones (excluding diaryl/α,β-unsaturated/α-hetero) is 1. The predicted octanol–water partition coefficient (Wildman–Crippen LogP) is 4.50. The largest absolute Gasteiger partial charge is 0.314 e. The normalized spacial score (nSPS) is 13.3. The van der Waals surface area contributed by atoms with E-state index in [1.807, 2.05) is 0 Å². The van der Waals surface area contributed by atoms with E-state index in [9.17, 15) is 10.1 Å². The minimum Gasteiger partial charge on any atom is -0.314 e. The van der Waals surface area contributed by atoms with Crippen LogP contribution < -0.4 is 5.73 Å². The molecule has 0 spiro atoms. The molecule has 3 aromatic rings. The van der Waals surface area contributed by atoms with Gasteiger partial charge >= 0.3 is 0 Å². The quantitative estimate of drug-likeness (QED) is 0.573. The topological polar surface area (TPSA) is 66.9 Å². The van der Waals surface area contributed by atoms with Gasteiger partial charge in [-0.1, -0.05) is 99.9 Å². The zero-order valence-electron chi connectivity index (χ0n) is 15.9. The molecule has 1 atom stereocenters. The van der Waals surface area contributed by atoms with Crippen LogP contribution in [0.15, 0.2) is 91.0 Å². The molecule has 0 aromatic heterocycles. The molecule has 6 heteroatoms. The highest BCUT2D eigenvalue weighted by Gasteiger charge is 2.62. The van der Waals surface area contributed by atoms with E-state index in [0.29, 0.717) is 0 Å². The maximum Gasteiger partial charge on any atom is 0.254 e. The van der Waals surface area contributed by atoms with E-state index in [1.54, 1.807) is 60.7 Å². The van der Waals surface area contributed by atoms with E-state index in [-0.39, 0.29) is 16.7 Å². The molecule has 2 N–H and O–H groups in total. The lowest BCUT2D eigenvalue weighted by Crippen LogP contribution is -2.65. The lowest BCUT2D eigenvalue weighted by molar-refractivity contribution is -0.123. The van der Waals surface area contributed by atoms with Gasteiger partial charge in [0.15, 0.2) is 0 Å². The monoisotopic (exact) mass is 420 g/mol. The zero-order valence-corrected chi connectivity index (χ0v) is 16.9. The first-order valence-corrected chi connectivity index (χ1v) is 9.67. The molecule has 150 valence electrons. The van der Waals surface area contributed by atoms with Crippen molar-refractivity contribution in [2.24, 2.45) is 5.73 Å². The molecule has 0 aliphatic rings. The van der Waals surface area contributed by atoms with Crippen LogP contribution >= 0.6 is 8.86 Å². The van der Waals surface area contributed by atoms with E-state index >= 15 is 8.78 Å². The van der Waals surface area contributed by atoms with Gasteiger partial charge in [0.05, 0.1) is 0 Å². The van der Waals surface area contributed by atoms with Gasteiger partial charge in [-0.2, -0.15) is 5.26 Å². The summed E-state index contributed by atoms with van der Waals surface area (Å²) in [4.78, 5) is 13.5. The van der Waals surface area contributed by atoms with E-state index in [1.165, 1.54) is 36.4 Å². The maximum absolute atomic E-state index is 15.3. The molecule has 3 rings (SSSR count). The van der Waals surface area contributed by atoms with Crippen LogP contribution in [0, 0.1) is 11.3 Å². The third-order valence-corrected chi connectivity index (χ3v) is 5.67. The number of hydrogen-bond acceptors (Lipinski definition) is 3. The Morgan fingerprint density at radius 2 is 1.20 bits per heavy atom. The molecule has 0 bridgehead atoms. The van der Waals surface area contributed by atoms with Crippen molar-refractivity contribution in [3.63, 3.8) is 0 Å². The molecule has 0 heterocycles. The highest BCUT2D eigenvalue weighted by atomic mass is 31.0. The number of carbonyl (C=O) groups excluding carboxylic acids is 1. The Bertz CT molecular complexity index is 1040. The molecule has 0 saturated carbocycles. The van der Waals surface area contributed by atoms with E-state index < -0.39 is 28.5 Å². The molecular weight excluding hydrogens is 401 g/mol. The number of hydrogen-bond donors (Lipinski definition) is 1. The van der Waals surface area contributed by atoms with Crippen LogP contribution in [0.3, 0.4) is 0 Å². The molecule has 1 unspecified atom stereocenters. The van der Waals surface area contributed by atoms with Gasteiger partial charge in [-0.3, -0.25) is 4.79 Å². The SMILES string of the molecule is N#CC(=P)C(=O)C(N)(c1ccccc1)C(c1ccccc1)(c1ccccc1)C(F)F. The summed E-state index contributed by atoms with van der Waals surface area (Å²) in [5, 5.41) is 8.93. The third kappa shape index (κ3) is 3.25. The number of nitrogens with two attached hydrogens (primary N) is 1. The molecule has 0 amide bonds. The highest BCUT2D eigenvalue weighted by Crippen LogP contribution is 2.50. The first kappa shape index (κ1) is 21.5. The fraction of sp³-hybridized carbons (Fsp3) is 0.125. The van der Waals surface area contributed by atoms with Crippen LogP contribution in [-0.4, -0.2) is 17.5 Å². The first-order chi connectivity index (χ1) is 14.4. The number of benzene rings is 3. The number of rotatable bonds is 7. The average Bonchev–Trinajstić information content (AvgIpc) is 2.80. The lowest BCUT2D eigenvalue weighted by atomic mass is 9.57. The summed E-state index contributed by atoms with van der Waals surface area (Å²) in [5.74, 6) is -0.930. The number of nitriles is 1. The van der Waals surface area contributed by atoms with Gasteiger partial charge < -0.3 is 5.73 Å². The summed E-state index contributed by atoms with van der Waals surface area (Å²) < 4.78 is 30.6. The summed E-state index contributed by atoms with van der Waals surface area (Å²) in [7, 11) is 3.00. The van der Waals surface area contributed by atoms with Crippen molar-refractivity contribution >= 4 is 19.9 Å². The van der Waals surface area contributed by atoms with Crippen LogP contribution in [0.2, 0.25) is 0 Å². The Morgan fingerprint density at radius 3 is 1.53 bits per heavy atom. The molecule has 0 radical (unpaired) electrons. The van der Waals surface area contributed by atoms with Gasteiger partial charge in [-0.25, -0.2) is 8.78 Å². The summed E-state index contributed by atoms with van der Waals surface area (Å²) >= 11 is 0. The number of nitrogens with zero attached hydrogens (tertiary/aromatic N) is 1. The second-order valence-electron chi connectivity index (χ2n) is 6.83. The standard InChI is InChI=1S/C24H19F2N2OP/c25-22(26)23(17-10-4-1-5-11-17,18-12-6-2-7-13-18)24(28,21(29)20(30)16-27)19-14-8-3-9-15-19/h1-15,22,30H,28H2. The fourth-order valence-electron chi connectivity index (χ4n) is 3.94. The zero-order chi connectivity index (χ0) is 21.8. The Kier molecular flexibility index (Phi) is 6.22. The van der Waals surface area contributed by atoms with Crippen LogP contribution in [0.25, 0.3) is 0 Å². The van der Waals surface area contributed by atoms with Crippen molar-refractivity contribution in [3.8, 4) is 6.07 Å². The minimum absolute atomic E-state index is 0.170. The van der Waals surface area contributed by atoms with E-state index in [2.05, 4.69) is 8.86 Å². The summed E-state index contributed by atoms with van der Waals surface area (Å²) in [6.07, 6.45) is -3.07. The van der Waals surface area contributed by atoms with Gasteiger partial charge in [0.1, 0.15) is 22.3 Å². The molecule has 3 aromatic carbocycles. The molecule has 0 aliphatic heterocycles. The molecule has 0 aliphatic carbocycles. The smallest absolute Gasteiger partial charge is 0.254 e. The van der Waals surface area contributed by atoms with Crippen LogP contribution in [0.1, 0.15) is 16.7 Å². The fourth-order valence-corrected chi connectivity index (χ4v) is 4.13. The Balaban J connectivity index is 2.52. The second-order valence-corrected chi connectivity index (χ2v) is 7.33. The summed E-state index contributed by atoms with van der Waals surface area (Å²) in [6, 6.07) is 25.7.